The quantitative estimate of drug-likeness (QED) is 0.631. The minimum absolute atomic E-state index is 0.220. The molecule has 0 bridgehead atoms. The van der Waals surface area contributed by atoms with Gasteiger partial charge in [-0.05, 0) is 56.4 Å². The maximum Gasteiger partial charge on any atom is 0.0595 e. The third-order valence-corrected chi connectivity index (χ3v) is 6.03. The second-order valence-corrected chi connectivity index (χ2v) is 8.08. The average Bonchev–Trinajstić information content (AvgIpc) is 2.94. The molecular formula is C24H29N. The van der Waals surface area contributed by atoms with E-state index in [1.165, 1.54) is 65.6 Å². The van der Waals surface area contributed by atoms with Crippen LogP contribution in [0.1, 0.15) is 54.4 Å². The van der Waals surface area contributed by atoms with Crippen LogP contribution in [-0.2, 0) is 0 Å². The van der Waals surface area contributed by atoms with Crippen molar-refractivity contribution in [1.82, 2.24) is 0 Å². The molecule has 1 nitrogen and oxygen atoms in total. The number of nitrogens with zero attached hydrogens (tertiary/aromatic N) is 1. The highest BCUT2D eigenvalue weighted by atomic mass is 15.2. The van der Waals surface area contributed by atoms with Crippen molar-refractivity contribution in [3.8, 4) is 0 Å². The van der Waals surface area contributed by atoms with Crippen molar-refractivity contribution in [1.29, 1.82) is 0 Å². The lowest BCUT2D eigenvalue weighted by molar-refractivity contribution is 0.349. The maximum absolute atomic E-state index is 2.70. The van der Waals surface area contributed by atoms with E-state index in [9.17, 15) is 0 Å². The van der Waals surface area contributed by atoms with Crippen molar-refractivity contribution in [2.24, 2.45) is 0 Å². The van der Waals surface area contributed by atoms with E-state index < -0.39 is 0 Å². The fraction of sp³-hybridized carbons (Fsp3) is 0.417. The van der Waals surface area contributed by atoms with Crippen LogP contribution >= 0.6 is 0 Å². The Morgan fingerprint density at radius 2 is 1.52 bits per heavy atom. The topological polar surface area (TPSA) is 3.24 Å². The molecule has 1 heterocycles. The van der Waals surface area contributed by atoms with Crippen LogP contribution in [-0.4, -0.2) is 12.1 Å². The standard InChI is InChI=1S/C24H29N/c1-18-13-19(2)15-21(14-18)22-16-24(11-7-4-8-12-24)25(17-22)23-10-6-5-9-20(23)3/h5-6,9-10,13-16H,4,7-8,11-12,17H2,1-3H3. The van der Waals surface area contributed by atoms with Gasteiger partial charge in [0.25, 0.3) is 0 Å². The predicted octanol–water partition coefficient (Wildman–Crippen LogP) is 6.22. The molecule has 0 radical (unpaired) electrons. The van der Waals surface area contributed by atoms with Crippen LogP contribution in [0, 0.1) is 20.8 Å². The number of anilines is 1. The van der Waals surface area contributed by atoms with E-state index >= 15 is 0 Å². The van der Waals surface area contributed by atoms with Gasteiger partial charge in [-0.1, -0.05) is 72.9 Å². The van der Waals surface area contributed by atoms with Gasteiger partial charge in [0.1, 0.15) is 0 Å². The Labute approximate surface area is 152 Å². The summed E-state index contributed by atoms with van der Waals surface area (Å²) >= 11 is 0. The summed E-state index contributed by atoms with van der Waals surface area (Å²) in [4.78, 5) is 2.70. The normalized spacial score (nSPS) is 19.3. The SMILES string of the molecule is Cc1cc(C)cc(C2=CC3(CCCCC3)N(c3ccccc3C)C2)c1. The van der Waals surface area contributed by atoms with Crippen molar-refractivity contribution in [3.05, 3.63) is 70.8 Å². The van der Waals surface area contributed by atoms with Crippen LogP contribution in [0.5, 0.6) is 0 Å². The van der Waals surface area contributed by atoms with Gasteiger partial charge in [-0.3, -0.25) is 0 Å². The van der Waals surface area contributed by atoms with E-state index in [2.05, 4.69) is 74.2 Å². The lowest BCUT2D eigenvalue weighted by atomic mass is 9.80. The van der Waals surface area contributed by atoms with Gasteiger partial charge < -0.3 is 4.90 Å². The molecule has 0 unspecified atom stereocenters. The molecule has 1 fully saturated rings. The summed E-state index contributed by atoms with van der Waals surface area (Å²) in [7, 11) is 0. The molecule has 4 rings (SSSR count). The summed E-state index contributed by atoms with van der Waals surface area (Å²) in [6.45, 7) is 7.71. The van der Waals surface area contributed by atoms with Crippen LogP contribution in [0.3, 0.4) is 0 Å². The molecule has 2 aromatic rings. The van der Waals surface area contributed by atoms with Crippen LogP contribution in [0.2, 0.25) is 0 Å². The van der Waals surface area contributed by atoms with E-state index in [1.54, 1.807) is 0 Å². The highest BCUT2D eigenvalue weighted by molar-refractivity contribution is 5.78. The van der Waals surface area contributed by atoms with E-state index in [0.29, 0.717) is 0 Å². The Kier molecular flexibility index (Phi) is 4.19. The lowest BCUT2D eigenvalue weighted by Gasteiger charge is -2.43. The smallest absolute Gasteiger partial charge is 0.0595 e. The summed E-state index contributed by atoms with van der Waals surface area (Å²) in [5, 5.41) is 0. The second kappa shape index (κ2) is 6.37. The number of para-hydroxylation sites is 1. The minimum Gasteiger partial charge on any atom is -0.358 e. The van der Waals surface area contributed by atoms with Gasteiger partial charge >= 0.3 is 0 Å². The van der Waals surface area contributed by atoms with Crippen molar-refractivity contribution in [2.45, 2.75) is 58.4 Å². The summed E-state index contributed by atoms with van der Waals surface area (Å²) in [6, 6.07) is 15.9. The Hall–Kier alpha value is -2.02. The molecule has 1 aliphatic heterocycles. The monoisotopic (exact) mass is 331 g/mol. The van der Waals surface area contributed by atoms with Crippen LogP contribution in [0.4, 0.5) is 5.69 Å². The number of rotatable bonds is 2. The molecule has 0 amide bonds. The van der Waals surface area contributed by atoms with Gasteiger partial charge in [0, 0.05) is 12.2 Å². The molecule has 25 heavy (non-hydrogen) atoms. The Balaban J connectivity index is 1.78. The van der Waals surface area contributed by atoms with Gasteiger partial charge in [-0.2, -0.15) is 0 Å². The van der Waals surface area contributed by atoms with E-state index in [-0.39, 0.29) is 5.54 Å². The summed E-state index contributed by atoms with van der Waals surface area (Å²) < 4.78 is 0. The first-order valence-corrected chi connectivity index (χ1v) is 9.71. The summed E-state index contributed by atoms with van der Waals surface area (Å²) in [5.41, 5.74) is 8.68. The highest BCUT2D eigenvalue weighted by Crippen LogP contribution is 2.45. The van der Waals surface area contributed by atoms with Crippen LogP contribution in [0.15, 0.2) is 48.5 Å². The average molecular weight is 332 g/mol. The molecule has 1 spiro atoms. The zero-order valence-electron chi connectivity index (χ0n) is 15.8. The van der Waals surface area contributed by atoms with Crippen LogP contribution < -0.4 is 4.90 Å². The molecule has 1 aliphatic carbocycles. The first-order chi connectivity index (χ1) is 12.1. The third kappa shape index (κ3) is 3.01. The van der Waals surface area contributed by atoms with Gasteiger partial charge in [0.15, 0.2) is 0 Å². The zero-order valence-corrected chi connectivity index (χ0v) is 15.8. The summed E-state index contributed by atoms with van der Waals surface area (Å²) in [6.07, 6.45) is 9.27. The van der Waals surface area contributed by atoms with E-state index in [1.807, 2.05) is 0 Å². The predicted molar refractivity (Wildman–Crippen MR) is 108 cm³/mol. The largest absolute Gasteiger partial charge is 0.358 e. The molecular weight excluding hydrogens is 302 g/mol. The second-order valence-electron chi connectivity index (χ2n) is 8.08. The molecule has 2 aliphatic rings. The minimum atomic E-state index is 0.220. The fourth-order valence-corrected chi connectivity index (χ4v) is 4.88. The molecule has 0 aromatic heterocycles. The number of hydrogen-bond donors (Lipinski definition) is 0. The van der Waals surface area contributed by atoms with Gasteiger partial charge in [0.05, 0.1) is 5.54 Å². The first-order valence-electron chi connectivity index (χ1n) is 9.71. The Bertz CT molecular complexity index is 788. The number of benzene rings is 2. The maximum atomic E-state index is 2.70. The van der Waals surface area contributed by atoms with Crippen molar-refractivity contribution >= 4 is 11.3 Å². The highest BCUT2D eigenvalue weighted by Gasteiger charge is 2.41. The summed E-state index contributed by atoms with van der Waals surface area (Å²) in [5.74, 6) is 0. The van der Waals surface area contributed by atoms with Crippen molar-refractivity contribution in [3.63, 3.8) is 0 Å². The fourth-order valence-electron chi connectivity index (χ4n) is 4.88. The van der Waals surface area contributed by atoms with Crippen molar-refractivity contribution in [2.75, 3.05) is 11.4 Å². The molecule has 2 aromatic carbocycles. The number of aryl methyl sites for hydroxylation is 3. The molecule has 0 N–H and O–H groups in total. The number of hydrogen-bond acceptors (Lipinski definition) is 1. The van der Waals surface area contributed by atoms with Crippen LogP contribution in [0.25, 0.3) is 5.57 Å². The van der Waals surface area contributed by atoms with Gasteiger partial charge in [-0.15, -0.1) is 0 Å². The molecule has 130 valence electrons. The van der Waals surface area contributed by atoms with E-state index in [0.717, 1.165) is 6.54 Å². The van der Waals surface area contributed by atoms with Gasteiger partial charge in [0.2, 0.25) is 0 Å². The third-order valence-electron chi connectivity index (χ3n) is 6.03. The Morgan fingerprint density at radius 1 is 0.840 bits per heavy atom. The molecule has 0 atom stereocenters. The van der Waals surface area contributed by atoms with E-state index in [4.69, 9.17) is 0 Å². The molecule has 1 saturated carbocycles. The Morgan fingerprint density at radius 3 is 2.20 bits per heavy atom. The zero-order chi connectivity index (χ0) is 17.4. The molecule has 1 heteroatoms. The lowest BCUT2D eigenvalue weighted by Crippen LogP contribution is -2.46. The molecule has 0 saturated heterocycles. The van der Waals surface area contributed by atoms with Gasteiger partial charge in [-0.25, -0.2) is 0 Å². The first kappa shape index (κ1) is 16.4. The van der Waals surface area contributed by atoms with Crippen molar-refractivity contribution < 1.29 is 0 Å².